The smallest absolute Gasteiger partial charge is 0.231 e. The lowest BCUT2D eigenvalue weighted by molar-refractivity contribution is 0.172. The van der Waals surface area contributed by atoms with E-state index in [-0.39, 0.29) is 13.6 Å². The van der Waals surface area contributed by atoms with Crippen LogP contribution in [0.3, 0.4) is 0 Å². The van der Waals surface area contributed by atoms with Crippen molar-refractivity contribution in [2.75, 3.05) is 13.6 Å². The molecule has 0 unspecified atom stereocenters. The van der Waals surface area contributed by atoms with E-state index < -0.39 is 15.8 Å². The van der Waals surface area contributed by atoms with Gasteiger partial charge < -0.3 is 18.9 Å². The van der Waals surface area contributed by atoms with Gasteiger partial charge in [0.25, 0.3) is 0 Å². The van der Waals surface area contributed by atoms with Crippen LogP contribution >= 0.6 is 15.8 Å². The minimum absolute atomic E-state index is 0.168. The predicted octanol–water partition coefficient (Wildman–Crippen LogP) is 9.41. The van der Waals surface area contributed by atoms with Gasteiger partial charge in [-0.2, -0.15) is 0 Å². The summed E-state index contributed by atoms with van der Waals surface area (Å²) in [5.41, 5.74) is 14.2. The molecule has 0 fully saturated rings. The Labute approximate surface area is 323 Å². The molecular formula is C48H48O4P2. The number of ether oxygens (including phenoxy) is 4. The molecule has 0 amide bonds. The standard InChI is InChI=1S/C48H48O4P2/c1-27-11-28(2)16-37(15-27)53(38-17-29(3)12-30(4)18-38)41-23-35(9)45-47(51-25-49-45)43(41)44-42(24-36(10)46-48(44)52-26-50-46)54(39-19-31(5)13-32(6)20-39)40-21-33(7)14-34(8)22-40/h11-24H,25-26H2,1-10H3. The van der Waals surface area contributed by atoms with Crippen LogP contribution in [0.5, 0.6) is 23.0 Å². The maximum atomic E-state index is 6.63. The molecule has 0 saturated carbocycles. The van der Waals surface area contributed by atoms with E-state index in [1.54, 1.807) is 0 Å². The maximum Gasteiger partial charge on any atom is 0.231 e. The van der Waals surface area contributed by atoms with Gasteiger partial charge in [-0.15, -0.1) is 0 Å². The van der Waals surface area contributed by atoms with E-state index in [0.29, 0.717) is 0 Å². The van der Waals surface area contributed by atoms with Crippen molar-refractivity contribution in [2.24, 2.45) is 0 Å². The second-order valence-corrected chi connectivity index (χ2v) is 19.7. The van der Waals surface area contributed by atoms with Gasteiger partial charge in [-0.05, 0) is 140 Å². The van der Waals surface area contributed by atoms with E-state index in [1.807, 2.05) is 0 Å². The number of hydrogen-bond donors (Lipinski definition) is 0. The monoisotopic (exact) mass is 750 g/mol. The minimum atomic E-state index is -1.08. The number of rotatable bonds is 7. The number of fused-ring (bicyclic) bond motifs is 2. The van der Waals surface area contributed by atoms with Gasteiger partial charge in [-0.25, -0.2) is 0 Å². The van der Waals surface area contributed by atoms with Crippen LogP contribution in [0.2, 0.25) is 0 Å². The highest BCUT2D eigenvalue weighted by Gasteiger charge is 2.37. The number of benzene rings is 6. The van der Waals surface area contributed by atoms with Gasteiger partial charge in [0, 0.05) is 11.1 Å². The Balaban J connectivity index is 1.54. The van der Waals surface area contributed by atoms with Crippen molar-refractivity contribution < 1.29 is 18.9 Å². The third kappa shape index (κ3) is 6.70. The zero-order chi connectivity index (χ0) is 38.0. The van der Waals surface area contributed by atoms with E-state index in [1.165, 1.54) is 76.3 Å². The van der Waals surface area contributed by atoms with Crippen LogP contribution in [-0.4, -0.2) is 13.6 Å². The van der Waals surface area contributed by atoms with E-state index in [9.17, 15) is 0 Å². The molecule has 8 rings (SSSR count). The quantitative estimate of drug-likeness (QED) is 0.153. The first-order valence-electron chi connectivity index (χ1n) is 18.6. The summed E-state index contributed by atoms with van der Waals surface area (Å²) in [5.74, 6) is 3.16. The predicted molar refractivity (Wildman–Crippen MR) is 229 cm³/mol. The molecule has 6 aromatic rings. The van der Waals surface area contributed by atoms with Gasteiger partial charge in [-0.3, -0.25) is 0 Å². The Morgan fingerprint density at radius 3 is 0.815 bits per heavy atom. The molecular weight excluding hydrogens is 702 g/mol. The SMILES string of the molecule is Cc1cc(C)cc(P(c2cc(C)cc(C)c2)c2cc(C)c3c(c2-c2c(P(c4cc(C)cc(C)c4)c4cc(C)cc(C)c4)cc(C)c4c2OCO4)OCO3)c1. The van der Waals surface area contributed by atoms with Gasteiger partial charge in [0.05, 0.1) is 0 Å². The number of hydrogen-bond acceptors (Lipinski definition) is 4. The third-order valence-electron chi connectivity index (χ3n) is 10.2. The molecule has 0 aliphatic carbocycles. The summed E-state index contributed by atoms with van der Waals surface area (Å²) in [6.45, 7) is 22.3. The van der Waals surface area contributed by atoms with Crippen molar-refractivity contribution >= 4 is 47.7 Å². The summed E-state index contributed by atoms with van der Waals surface area (Å²) in [5, 5.41) is 7.67. The summed E-state index contributed by atoms with van der Waals surface area (Å²) >= 11 is 0. The van der Waals surface area contributed by atoms with Crippen LogP contribution in [0.25, 0.3) is 11.1 Å². The van der Waals surface area contributed by atoms with Crippen LogP contribution in [0.15, 0.2) is 84.9 Å². The molecule has 54 heavy (non-hydrogen) atoms. The van der Waals surface area contributed by atoms with Crippen molar-refractivity contribution in [1.82, 2.24) is 0 Å². The van der Waals surface area contributed by atoms with Crippen molar-refractivity contribution in [1.29, 1.82) is 0 Å². The summed E-state index contributed by atoms with van der Waals surface area (Å²) in [6, 6.07) is 32.8. The Hall–Kier alpha value is -4.62. The molecule has 0 atom stereocenters. The van der Waals surface area contributed by atoms with Gasteiger partial charge in [-0.1, -0.05) is 117 Å². The summed E-state index contributed by atoms with van der Waals surface area (Å²) in [4.78, 5) is 0. The lowest BCUT2D eigenvalue weighted by Gasteiger charge is -2.29. The normalized spacial score (nSPS) is 13.0. The number of aryl methyl sites for hydroxylation is 10. The first-order chi connectivity index (χ1) is 25.8. The Kier molecular flexibility index (Phi) is 9.58. The zero-order valence-electron chi connectivity index (χ0n) is 33.0. The molecule has 0 bridgehead atoms. The van der Waals surface area contributed by atoms with E-state index in [4.69, 9.17) is 18.9 Å². The molecule has 6 aromatic carbocycles. The molecule has 0 aromatic heterocycles. The Bertz CT molecular complexity index is 2130. The lowest BCUT2D eigenvalue weighted by Crippen LogP contribution is -2.27. The second kappa shape index (κ2) is 14.2. The molecule has 0 radical (unpaired) electrons. The molecule has 2 aliphatic rings. The molecule has 2 heterocycles. The maximum absolute atomic E-state index is 6.63. The topological polar surface area (TPSA) is 36.9 Å². The fraction of sp³-hybridized carbons (Fsp3) is 0.250. The second-order valence-electron chi connectivity index (χ2n) is 15.4. The molecule has 0 saturated heterocycles. The van der Waals surface area contributed by atoms with Crippen LogP contribution < -0.4 is 50.8 Å². The van der Waals surface area contributed by atoms with Crippen molar-refractivity contribution in [2.45, 2.75) is 69.2 Å². The summed E-state index contributed by atoms with van der Waals surface area (Å²) in [6.07, 6.45) is 0. The fourth-order valence-electron chi connectivity index (χ4n) is 8.44. The molecule has 0 N–H and O–H groups in total. The van der Waals surface area contributed by atoms with Crippen molar-refractivity contribution in [3.63, 3.8) is 0 Å². The van der Waals surface area contributed by atoms with Crippen LogP contribution in [0, 0.1) is 69.2 Å². The van der Waals surface area contributed by atoms with Gasteiger partial charge in [0.2, 0.25) is 13.6 Å². The average Bonchev–Trinajstić information content (AvgIpc) is 3.76. The van der Waals surface area contributed by atoms with Crippen molar-refractivity contribution in [3.05, 3.63) is 141 Å². The summed E-state index contributed by atoms with van der Waals surface area (Å²) in [7, 11) is -2.16. The van der Waals surface area contributed by atoms with E-state index in [0.717, 1.165) is 45.3 Å². The highest BCUT2D eigenvalue weighted by atomic mass is 31.1. The molecule has 0 spiro atoms. The Morgan fingerprint density at radius 1 is 0.315 bits per heavy atom. The minimum Gasteiger partial charge on any atom is -0.453 e. The lowest BCUT2D eigenvalue weighted by atomic mass is 9.98. The van der Waals surface area contributed by atoms with Crippen LogP contribution in [0.4, 0.5) is 0 Å². The average molecular weight is 751 g/mol. The summed E-state index contributed by atoms with van der Waals surface area (Å²) < 4.78 is 25.9. The van der Waals surface area contributed by atoms with E-state index >= 15 is 0 Å². The first kappa shape index (κ1) is 36.4. The largest absolute Gasteiger partial charge is 0.453 e. The van der Waals surface area contributed by atoms with Gasteiger partial charge in [0.15, 0.2) is 23.0 Å². The van der Waals surface area contributed by atoms with Crippen LogP contribution in [0.1, 0.15) is 55.6 Å². The van der Waals surface area contributed by atoms with Crippen LogP contribution in [-0.2, 0) is 0 Å². The third-order valence-corrected chi connectivity index (χ3v) is 15.0. The highest BCUT2D eigenvalue weighted by Crippen LogP contribution is 2.55. The first-order valence-corrected chi connectivity index (χ1v) is 21.3. The molecule has 4 nitrogen and oxygen atoms in total. The van der Waals surface area contributed by atoms with Crippen molar-refractivity contribution in [3.8, 4) is 34.1 Å². The highest BCUT2D eigenvalue weighted by molar-refractivity contribution is 7.80. The molecule has 2 aliphatic heterocycles. The fourth-order valence-corrected chi connectivity index (χ4v) is 14.3. The molecule has 6 heteroatoms. The molecule has 274 valence electrons. The van der Waals surface area contributed by atoms with E-state index in [2.05, 4.69) is 154 Å². The zero-order valence-corrected chi connectivity index (χ0v) is 34.8. The Morgan fingerprint density at radius 2 is 0.556 bits per heavy atom. The van der Waals surface area contributed by atoms with Gasteiger partial charge in [0.1, 0.15) is 0 Å². The van der Waals surface area contributed by atoms with Gasteiger partial charge >= 0.3 is 0 Å².